The summed E-state index contributed by atoms with van der Waals surface area (Å²) in [6.45, 7) is 4.83. The molecule has 0 unspecified atom stereocenters. The molecule has 0 radical (unpaired) electrons. The van der Waals surface area contributed by atoms with Crippen molar-refractivity contribution >= 4 is 44.7 Å². The van der Waals surface area contributed by atoms with Crippen LogP contribution >= 0.6 is 11.3 Å². The third kappa shape index (κ3) is 5.64. The first kappa shape index (κ1) is 23.3. The lowest BCUT2D eigenvalue weighted by molar-refractivity contribution is 0.0384. The summed E-state index contributed by atoms with van der Waals surface area (Å²) in [6.07, 6.45) is 7.93. The van der Waals surface area contributed by atoms with Gasteiger partial charge in [-0.3, -0.25) is 9.88 Å². The Bertz CT molecular complexity index is 1300. The van der Waals surface area contributed by atoms with Crippen molar-refractivity contribution in [1.82, 2.24) is 25.1 Å². The van der Waals surface area contributed by atoms with Crippen LogP contribution in [0.1, 0.15) is 42.2 Å². The van der Waals surface area contributed by atoms with Crippen molar-refractivity contribution in [3.8, 4) is 0 Å². The van der Waals surface area contributed by atoms with Gasteiger partial charge in [0.05, 0.1) is 36.1 Å². The Morgan fingerprint density at radius 1 is 0.917 bits per heavy atom. The Hall–Kier alpha value is -3.14. The molecule has 1 aliphatic heterocycles. The Labute approximate surface area is 215 Å². The molecule has 4 aromatic rings. The maximum Gasteiger partial charge on any atom is 0.211 e. The van der Waals surface area contributed by atoms with Crippen molar-refractivity contribution in [2.45, 2.75) is 38.0 Å². The van der Waals surface area contributed by atoms with E-state index in [1.54, 1.807) is 11.3 Å². The molecule has 0 amide bonds. The van der Waals surface area contributed by atoms with E-state index in [0.717, 1.165) is 77.6 Å². The summed E-state index contributed by atoms with van der Waals surface area (Å²) in [5.41, 5.74) is 4.97. The lowest BCUT2D eigenvalue weighted by Gasteiger charge is -2.26. The minimum absolute atomic E-state index is 0.569. The van der Waals surface area contributed by atoms with E-state index in [9.17, 15) is 0 Å². The van der Waals surface area contributed by atoms with Gasteiger partial charge in [-0.2, -0.15) is 0 Å². The second-order valence-electron chi connectivity index (χ2n) is 9.54. The molecule has 2 aliphatic rings. The number of anilines is 4. The number of fused-ring (bicyclic) bond motifs is 1. The summed E-state index contributed by atoms with van der Waals surface area (Å²) >= 11 is 1.64. The van der Waals surface area contributed by atoms with E-state index in [1.807, 2.05) is 24.4 Å². The molecule has 1 aromatic carbocycles. The zero-order valence-corrected chi connectivity index (χ0v) is 21.1. The van der Waals surface area contributed by atoms with Crippen molar-refractivity contribution in [2.24, 2.45) is 0 Å². The van der Waals surface area contributed by atoms with Crippen LogP contribution < -0.4 is 10.6 Å². The predicted molar refractivity (Wildman–Crippen MR) is 145 cm³/mol. The third-order valence-electron chi connectivity index (χ3n) is 6.98. The molecule has 1 aliphatic carbocycles. The molecule has 2 fully saturated rings. The quantitative estimate of drug-likeness (QED) is 0.327. The fourth-order valence-corrected chi connectivity index (χ4v) is 5.83. The molecule has 36 heavy (non-hydrogen) atoms. The molecule has 6 rings (SSSR count). The van der Waals surface area contributed by atoms with Gasteiger partial charge in [0.25, 0.3) is 0 Å². The first-order chi connectivity index (χ1) is 17.8. The van der Waals surface area contributed by atoms with Crippen LogP contribution in [0.5, 0.6) is 0 Å². The second-order valence-corrected chi connectivity index (χ2v) is 10.5. The Kier molecular flexibility index (Phi) is 7.02. The minimum atomic E-state index is 0.569. The summed E-state index contributed by atoms with van der Waals surface area (Å²) < 4.78 is 5.43. The molecule has 9 heteroatoms. The van der Waals surface area contributed by atoms with Crippen LogP contribution in [0.2, 0.25) is 0 Å². The average molecular weight is 502 g/mol. The van der Waals surface area contributed by atoms with Gasteiger partial charge in [-0.25, -0.2) is 4.98 Å². The molecule has 4 heterocycles. The molecule has 3 aromatic heterocycles. The number of morpholine rings is 1. The van der Waals surface area contributed by atoms with E-state index >= 15 is 0 Å². The highest BCUT2D eigenvalue weighted by Crippen LogP contribution is 2.37. The maximum absolute atomic E-state index is 5.43. The minimum Gasteiger partial charge on any atom is -0.379 e. The number of nitrogens with one attached hydrogen (secondary N) is 2. The lowest BCUT2D eigenvalue weighted by Crippen LogP contribution is -2.37. The van der Waals surface area contributed by atoms with Crippen LogP contribution in [0, 0.1) is 0 Å². The normalized spacial score (nSPS) is 17.0. The van der Waals surface area contributed by atoms with Crippen molar-refractivity contribution in [2.75, 3.05) is 43.5 Å². The van der Waals surface area contributed by atoms with Crippen molar-refractivity contribution < 1.29 is 4.74 Å². The van der Waals surface area contributed by atoms with Crippen LogP contribution in [-0.4, -0.2) is 57.9 Å². The molecule has 0 atom stereocenters. The number of pyridine rings is 2. The largest absolute Gasteiger partial charge is 0.379 e. The third-order valence-corrected chi connectivity index (χ3v) is 7.98. The number of nitrogens with zero attached hydrogens (tertiary/aromatic N) is 5. The summed E-state index contributed by atoms with van der Waals surface area (Å²) in [4.78, 5) is 11.8. The molecule has 0 bridgehead atoms. The van der Waals surface area contributed by atoms with Gasteiger partial charge < -0.3 is 15.4 Å². The number of hydrogen-bond acceptors (Lipinski definition) is 9. The summed E-state index contributed by atoms with van der Waals surface area (Å²) in [6, 6.07) is 14.6. The van der Waals surface area contributed by atoms with Crippen LogP contribution in [0.3, 0.4) is 0 Å². The topological polar surface area (TPSA) is 88.1 Å². The second kappa shape index (κ2) is 10.9. The Morgan fingerprint density at radius 2 is 1.75 bits per heavy atom. The zero-order chi connectivity index (χ0) is 24.2. The van der Waals surface area contributed by atoms with Crippen LogP contribution in [0.4, 0.5) is 22.3 Å². The number of hydrogen-bond donors (Lipinski definition) is 2. The molecule has 8 nitrogen and oxygen atoms in total. The maximum atomic E-state index is 5.43. The van der Waals surface area contributed by atoms with Crippen molar-refractivity contribution in [1.29, 1.82) is 0 Å². The lowest BCUT2D eigenvalue weighted by atomic mass is 10.1. The van der Waals surface area contributed by atoms with Gasteiger partial charge in [-0.05, 0) is 55.2 Å². The fraction of sp³-hybridized carbons (Fsp3) is 0.407. The van der Waals surface area contributed by atoms with Gasteiger partial charge in [-0.1, -0.05) is 36.3 Å². The van der Waals surface area contributed by atoms with E-state index in [0.29, 0.717) is 5.92 Å². The van der Waals surface area contributed by atoms with Gasteiger partial charge in [0.2, 0.25) is 5.13 Å². The van der Waals surface area contributed by atoms with Gasteiger partial charge >= 0.3 is 0 Å². The van der Waals surface area contributed by atoms with Gasteiger partial charge in [0.15, 0.2) is 0 Å². The van der Waals surface area contributed by atoms with Gasteiger partial charge in [-0.15, -0.1) is 10.2 Å². The zero-order valence-electron chi connectivity index (χ0n) is 20.3. The summed E-state index contributed by atoms with van der Waals surface area (Å²) in [5.74, 6) is 1.32. The average Bonchev–Trinajstić information content (AvgIpc) is 3.61. The fourth-order valence-electron chi connectivity index (χ4n) is 4.91. The number of benzene rings is 1. The Morgan fingerprint density at radius 3 is 2.58 bits per heavy atom. The van der Waals surface area contributed by atoms with Gasteiger partial charge in [0.1, 0.15) is 10.8 Å². The molecule has 2 N–H and O–H groups in total. The highest BCUT2D eigenvalue weighted by molar-refractivity contribution is 7.15. The van der Waals surface area contributed by atoms with Crippen LogP contribution in [0.15, 0.2) is 48.7 Å². The monoisotopic (exact) mass is 501 g/mol. The molecule has 1 saturated carbocycles. The van der Waals surface area contributed by atoms with Gasteiger partial charge in [0, 0.05) is 31.2 Å². The summed E-state index contributed by atoms with van der Waals surface area (Å²) in [7, 11) is 0. The highest BCUT2D eigenvalue weighted by atomic mass is 32.1. The smallest absolute Gasteiger partial charge is 0.211 e. The Balaban J connectivity index is 1.09. The number of aromatic nitrogens is 4. The van der Waals surface area contributed by atoms with Crippen LogP contribution in [-0.2, 0) is 11.2 Å². The number of ether oxygens (including phenoxy) is 1. The first-order valence-electron chi connectivity index (χ1n) is 12.8. The SMILES string of the molecule is c1cc(Nc2cnc3ccc(Nc4nnc(C5CCCC5)s4)nc3c2)ccc1CCN1CCOCC1. The van der Waals surface area contributed by atoms with E-state index < -0.39 is 0 Å². The van der Waals surface area contributed by atoms with E-state index in [1.165, 1.54) is 31.2 Å². The van der Waals surface area contributed by atoms with Crippen molar-refractivity contribution in [3.63, 3.8) is 0 Å². The standard InChI is InChI=1S/C27H31N7OS/c1-2-4-20(3-1)26-32-33-27(36-26)31-25-10-9-23-24(30-25)17-22(18-28-23)29-21-7-5-19(6-8-21)11-12-34-13-15-35-16-14-34/h5-10,17-18,20,29H,1-4,11-16H2,(H,30,31,33). The molecule has 0 spiro atoms. The molecular formula is C27H31N7OS. The van der Waals surface area contributed by atoms with E-state index in [2.05, 4.69) is 55.0 Å². The van der Waals surface area contributed by atoms with Crippen LogP contribution in [0.25, 0.3) is 11.0 Å². The molecule has 186 valence electrons. The van der Waals surface area contributed by atoms with Crippen molar-refractivity contribution in [3.05, 3.63) is 59.2 Å². The van der Waals surface area contributed by atoms with E-state index in [-0.39, 0.29) is 0 Å². The first-order valence-corrected chi connectivity index (χ1v) is 13.6. The summed E-state index contributed by atoms with van der Waals surface area (Å²) in [5, 5.41) is 17.5. The molecular weight excluding hydrogens is 470 g/mol. The number of rotatable bonds is 8. The molecule has 1 saturated heterocycles. The van der Waals surface area contributed by atoms with E-state index in [4.69, 9.17) is 9.72 Å². The highest BCUT2D eigenvalue weighted by Gasteiger charge is 2.21. The predicted octanol–water partition coefficient (Wildman–Crippen LogP) is 5.50.